The molecule has 13 heavy (non-hydrogen) atoms. The Morgan fingerprint density at radius 3 is 2.62 bits per heavy atom. The van der Waals surface area contributed by atoms with E-state index in [-0.39, 0.29) is 0 Å². The van der Waals surface area contributed by atoms with Crippen molar-refractivity contribution in [3.05, 3.63) is 24.0 Å². The molecule has 1 rings (SSSR count). The number of nitrogens with two attached hydrogens (primary N) is 1. The number of rotatable bonds is 3. The Bertz CT molecular complexity index is 265. The maximum Gasteiger partial charge on any atom is 0.406 e. The lowest BCUT2D eigenvalue weighted by Crippen LogP contribution is -2.16. The summed E-state index contributed by atoms with van der Waals surface area (Å²) in [6.07, 6.45) is -0.650. The van der Waals surface area contributed by atoms with Gasteiger partial charge in [-0.1, -0.05) is 0 Å². The van der Waals surface area contributed by atoms with E-state index in [1.807, 2.05) is 0 Å². The average Bonchev–Trinajstić information content (AvgIpc) is 2.33. The molecule has 0 aliphatic carbocycles. The highest BCUT2D eigenvalue weighted by Gasteiger charge is 2.27. The Morgan fingerprint density at radius 2 is 2.08 bits per heavy atom. The van der Waals surface area contributed by atoms with Crippen LogP contribution in [-0.4, -0.2) is 17.3 Å². The largest absolute Gasteiger partial charge is 0.406 e. The first-order valence-corrected chi connectivity index (χ1v) is 3.93. The summed E-state index contributed by atoms with van der Waals surface area (Å²) in [5.74, 6) is 0. The van der Waals surface area contributed by atoms with Gasteiger partial charge in [0.2, 0.25) is 0 Å². The molecule has 0 bridgehead atoms. The van der Waals surface area contributed by atoms with E-state index in [1.165, 1.54) is 12.4 Å². The summed E-state index contributed by atoms with van der Waals surface area (Å²) in [6.45, 7) is -0.479. The highest BCUT2D eigenvalue weighted by Crippen LogP contribution is 2.17. The van der Waals surface area contributed by atoms with Gasteiger partial charge < -0.3 is 10.3 Å². The monoisotopic (exact) mass is 192 g/mol. The fraction of sp³-hybridized carbons (Fsp3) is 0.500. The van der Waals surface area contributed by atoms with Crippen LogP contribution in [0, 0.1) is 0 Å². The minimum atomic E-state index is -4.15. The van der Waals surface area contributed by atoms with Crippen LogP contribution in [0.3, 0.4) is 0 Å². The summed E-state index contributed by atoms with van der Waals surface area (Å²) in [6, 6.07) is 1.65. The first kappa shape index (κ1) is 10.1. The third kappa shape index (κ3) is 3.50. The molecule has 0 aromatic carbocycles. The van der Waals surface area contributed by atoms with Gasteiger partial charge in [0.15, 0.2) is 0 Å². The van der Waals surface area contributed by atoms with Gasteiger partial charge in [0.1, 0.15) is 6.54 Å². The molecule has 0 saturated carbocycles. The lowest BCUT2D eigenvalue weighted by molar-refractivity contribution is -0.140. The van der Waals surface area contributed by atoms with Gasteiger partial charge in [0, 0.05) is 12.4 Å². The molecule has 0 saturated heterocycles. The molecule has 2 nitrogen and oxygen atoms in total. The van der Waals surface area contributed by atoms with Gasteiger partial charge in [0.05, 0.1) is 0 Å². The van der Waals surface area contributed by atoms with Crippen molar-refractivity contribution in [1.29, 1.82) is 0 Å². The molecule has 0 aliphatic heterocycles. The van der Waals surface area contributed by atoms with Gasteiger partial charge in [-0.05, 0) is 24.6 Å². The molecule has 1 heterocycles. The van der Waals surface area contributed by atoms with Gasteiger partial charge in [-0.2, -0.15) is 13.2 Å². The van der Waals surface area contributed by atoms with Gasteiger partial charge >= 0.3 is 6.18 Å². The van der Waals surface area contributed by atoms with Gasteiger partial charge in [0.25, 0.3) is 0 Å². The van der Waals surface area contributed by atoms with Crippen molar-refractivity contribution >= 4 is 0 Å². The molecule has 0 aliphatic rings. The first-order valence-electron chi connectivity index (χ1n) is 3.93. The molecular weight excluding hydrogens is 181 g/mol. The summed E-state index contributed by atoms with van der Waals surface area (Å²) in [4.78, 5) is 0. The minimum Gasteiger partial charge on any atom is -0.345 e. The summed E-state index contributed by atoms with van der Waals surface area (Å²) in [5.41, 5.74) is 6.11. The Kier molecular flexibility index (Phi) is 2.98. The van der Waals surface area contributed by atoms with E-state index in [9.17, 15) is 13.2 Å². The lowest BCUT2D eigenvalue weighted by Gasteiger charge is -2.06. The Labute approximate surface area is 74.1 Å². The highest BCUT2D eigenvalue weighted by atomic mass is 19.4. The number of hydrogen-bond acceptors (Lipinski definition) is 1. The number of nitrogens with zero attached hydrogens (tertiary/aromatic N) is 1. The molecule has 0 atom stereocenters. The second kappa shape index (κ2) is 3.83. The van der Waals surface area contributed by atoms with Crippen molar-refractivity contribution in [2.45, 2.75) is 19.1 Å². The summed E-state index contributed by atoms with van der Waals surface area (Å²) >= 11 is 0. The second-order valence-corrected chi connectivity index (χ2v) is 2.85. The molecule has 0 radical (unpaired) electrons. The molecule has 0 fully saturated rings. The summed E-state index contributed by atoms with van der Waals surface area (Å²) in [5, 5.41) is 0. The molecular formula is C8H11F3N2. The van der Waals surface area contributed by atoms with Crippen molar-refractivity contribution in [2.24, 2.45) is 5.73 Å². The summed E-state index contributed by atoms with van der Waals surface area (Å²) < 4.78 is 36.8. The molecule has 74 valence electrons. The highest BCUT2D eigenvalue weighted by molar-refractivity contribution is 5.10. The topological polar surface area (TPSA) is 30.9 Å². The van der Waals surface area contributed by atoms with E-state index in [0.717, 1.165) is 10.1 Å². The van der Waals surface area contributed by atoms with Crippen molar-refractivity contribution in [1.82, 2.24) is 4.57 Å². The molecule has 2 N–H and O–H groups in total. The predicted octanol–water partition coefficient (Wildman–Crippen LogP) is 1.55. The Hall–Kier alpha value is -0.970. The van der Waals surface area contributed by atoms with Crippen LogP contribution in [-0.2, 0) is 13.0 Å². The van der Waals surface area contributed by atoms with Crippen LogP contribution in [0.5, 0.6) is 0 Å². The van der Waals surface area contributed by atoms with Crippen LogP contribution < -0.4 is 5.73 Å². The SMILES string of the molecule is NCCc1ccn(CC(F)(F)F)c1. The number of halogens is 3. The fourth-order valence-corrected chi connectivity index (χ4v) is 1.11. The van der Waals surface area contributed by atoms with Crippen LogP contribution in [0.15, 0.2) is 18.5 Å². The predicted molar refractivity (Wildman–Crippen MR) is 43.2 cm³/mol. The van der Waals surface area contributed by atoms with Gasteiger partial charge in [-0.15, -0.1) is 0 Å². The third-order valence-corrected chi connectivity index (χ3v) is 1.61. The van der Waals surface area contributed by atoms with Crippen LogP contribution >= 0.6 is 0 Å². The van der Waals surface area contributed by atoms with Gasteiger partial charge in [-0.25, -0.2) is 0 Å². The third-order valence-electron chi connectivity index (χ3n) is 1.61. The standard InChI is InChI=1S/C8H11F3N2/c9-8(10,11)6-13-4-2-7(5-13)1-3-12/h2,4-5H,1,3,6,12H2. The maximum atomic E-state index is 11.9. The number of aromatic nitrogens is 1. The van der Waals surface area contributed by atoms with Crippen molar-refractivity contribution in [2.75, 3.05) is 6.54 Å². The quantitative estimate of drug-likeness (QED) is 0.773. The molecule has 0 amide bonds. The molecule has 0 spiro atoms. The van der Waals surface area contributed by atoms with E-state index in [4.69, 9.17) is 5.73 Å². The van der Waals surface area contributed by atoms with Crippen LogP contribution in [0.25, 0.3) is 0 Å². The second-order valence-electron chi connectivity index (χ2n) is 2.85. The van der Waals surface area contributed by atoms with Crippen LogP contribution in [0.2, 0.25) is 0 Å². The maximum absolute atomic E-state index is 11.9. The first-order chi connectivity index (χ1) is 6.01. The fourth-order valence-electron chi connectivity index (χ4n) is 1.11. The van der Waals surface area contributed by atoms with Crippen LogP contribution in [0.4, 0.5) is 13.2 Å². The zero-order valence-electron chi connectivity index (χ0n) is 7.01. The van der Waals surface area contributed by atoms with E-state index in [2.05, 4.69) is 0 Å². The Balaban J connectivity index is 2.59. The Morgan fingerprint density at radius 1 is 1.38 bits per heavy atom. The minimum absolute atomic E-state index is 0.454. The zero-order chi connectivity index (χ0) is 9.90. The number of alkyl halides is 3. The molecule has 1 aromatic heterocycles. The van der Waals surface area contributed by atoms with E-state index < -0.39 is 12.7 Å². The van der Waals surface area contributed by atoms with Crippen molar-refractivity contribution < 1.29 is 13.2 Å². The van der Waals surface area contributed by atoms with Crippen LogP contribution in [0.1, 0.15) is 5.56 Å². The molecule has 1 aromatic rings. The molecule has 0 unspecified atom stereocenters. The van der Waals surface area contributed by atoms with Crippen molar-refractivity contribution in [3.63, 3.8) is 0 Å². The van der Waals surface area contributed by atoms with E-state index in [0.29, 0.717) is 13.0 Å². The molecule has 5 heteroatoms. The van der Waals surface area contributed by atoms with Crippen molar-refractivity contribution in [3.8, 4) is 0 Å². The van der Waals surface area contributed by atoms with E-state index >= 15 is 0 Å². The summed E-state index contributed by atoms with van der Waals surface area (Å²) in [7, 11) is 0. The zero-order valence-corrected chi connectivity index (χ0v) is 7.01. The normalized spacial score (nSPS) is 12.0. The van der Waals surface area contributed by atoms with E-state index in [1.54, 1.807) is 6.07 Å². The smallest absolute Gasteiger partial charge is 0.345 e. The van der Waals surface area contributed by atoms with Gasteiger partial charge in [-0.3, -0.25) is 0 Å². The average molecular weight is 192 g/mol. The lowest BCUT2D eigenvalue weighted by atomic mass is 10.2. The number of hydrogen-bond donors (Lipinski definition) is 1.